The summed E-state index contributed by atoms with van der Waals surface area (Å²) in [5.74, 6) is 0.559. The van der Waals surface area contributed by atoms with Crippen LogP contribution in [0, 0.1) is 10.1 Å². The number of rotatable bonds is 7. The molecule has 0 bridgehead atoms. The van der Waals surface area contributed by atoms with Crippen LogP contribution in [0.25, 0.3) is 0 Å². The van der Waals surface area contributed by atoms with Crippen LogP contribution in [-0.2, 0) is 4.79 Å². The van der Waals surface area contributed by atoms with Gasteiger partial charge in [-0.2, -0.15) is 0 Å². The number of nitrogens with zero attached hydrogens (tertiary/aromatic N) is 2. The molecule has 8 heteroatoms. The van der Waals surface area contributed by atoms with Gasteiger partial charge < -0.3 is 16.0 Å². The highest BCUT2D eigenvalue weighted by Gasteiger charge is 2.15. The van der Waals surface area contributed by atoms with Crippen LogP contribution < -0.4 is 16.0 Å². The van der Waals surface area contributed by atoms with Gasteiger partial charge in [-0.1, -0.05) is 0 Å². The van der Waals surface area contributed by atoms with Gasteiger partial charge >= 0.3 is 5.69 Å². The van der Waals surface area contributed by atoms with Crippen LogP contribution in [0.2, 0.25) is 0 Å². The molecule has 0 saturated heterocycles. The number of nitro groups is 1. The fourth-order valence-corrected chi connectivity index (χ4v) is 1.56. The van der Waals surface area contributed by atoms with E-state index in [1.165, 1.54) is 12.1 Å². The topological polar surface area (TPSA) is 109 Å². The van der Waals surface area contributed by atoms with Gasteiger partial charge in [0, 0.05) is 32.1 Å². The fraction of sp³-hybridized carbons (Fsp3) is 0.500. The summed E-state index contributed by atoms with van der Waals surface area (Å²) in [6.07, 6.45) is 0.223. The third-order valence-electron chi connectivity index (χ3n) is 2.42. The molecule has 0 aliphatic rings. The van der Waals surface area contributed by atoms with Crippen molar-refractivity contribution in [3.05, 3.63) is 22.2 Å². The quantitative estimate of drug-likeness (QED) is 0.514. The average molecular weight is 281 g/mol. The molecule has 0 unspecified atom stereocenters. The summed E-state index contributed by atoms with van der Waals surface area (Å²) in [5.41, 5.74) is -0.117. The molecule has 0 aliphatic heterocycles. The number of hydrogen-bond donors (Lipinski definition) is 3. The fourth-order valence-electron chi connectivity index (χ4n) is 1.56. The van der Waals surface area contributed by atoms with Crippen LogP contribution in [0.5, 0.6) is 0 Å². The summed E-state index contributed by atoms with van der Waals surface area (Å²) in [5, 5.41) is 19.3. The van der Waals surface area contributed by atoms with E-state index >= 15 is 0 Å². The Hall–Kier alpha value is -2.38. The molecule has 1 aromatic rings. The molecular formula is C12H19N5O3. The van der Waals surface area contributed by atoms with Crippen molar-refractivity contribution < 1.29 is 9.72 Å². The number of anilines is 2. The monoisotopic (exact) mass is 281 g/mol. The van der Waals surface area contributed by atoms with Crippen molar-refractivity contribution in [2.45, 2.75) is 26.3 Å². The molecule has 0 saturated carbocycles. The number of nitrogens with one attached hydrogen (secondary N) is 3. The van der Waals surface area contributed by atoms with E-state index < -0.39 is 4.92 Å². The minimum absolute atomic E-state index is 0.0718. The summed E-state index contributed by atoms with van der Waals surface area (Å²) in [6.45, 7) is 4.02. The Morgan fingerprint density at radius 3 is 2.70 bits per heavy atom. The second-order valence-corrected chi connectivity index (χ2v) is 4.47. The minimum atomic E-state index is -0.511. The molecular weight excluding hydrogens is 262 g/mol. The highest BCUT2D eigenvalue weighted by molar-refractivity contribution is 5.76. The summed E-state index contributed by atoms with van der Waals surface area (Å²) >= 11 is 0. The molecule has 0 fully saturated rings. The smallest absolute Gasteiger partial charge is 0.311 e. The van der Waals surface area contributed by atoms with Gasteiger partial charge in [0.15, 0.2) is 0 Å². The number of hydrogen-bond acceptors (Lipinski definition) is 6. The zero-order valence-electron chi connectivity index (χ0n) is 11.8. The lowest BCUT2D eigenvalue weighted by Crippen LogP contribution is -2.31. The maximum atomic E-state index is 11.5. The predicted molar refractivity (Wildman–Crippen MR) is 76.8 cm³/mol. The third kappa shape index (κ3) is 4.71. The number of aromatic nitrogens is 1. The number of pyridine rings is 1. The van der Waals surface area contributed by atoms with Crippen LogP contribution >= 0.6 is 0 Å². The van der Waals surface area contributed by atoms with E-state index in [0.717, 1.165) is 0 Å². The van der Waals surface area contributed by atoms with Crippen molar-refractivity contribution in [2.75, 3.05) is 24.2 Å². The summed E-state index contributed by atoms with van der Waals surface area (Å²) in [4.78, 5) is 25.9. The SMILES string of the molecule is CNc1ccc([N+](=O)[O-])c(NCCC(=O)NC(C)C)n1. The molecule has 0 atom stereocenters. The zero-order chi connectivity index (χ0) is 15.1. The summed E-state index contributed by atoms with van der Waals surface area (Å²) in [6, 6.07) is 2.96. The molecule has 8 nitrogen and oxygen atoms in total. The second kappa shape index (κ2) is 7.27. The van der Waals surface area contributed by atoms with Crippen LogP contribution in [-0.4, -0.2) is 35.4 Å². The Morgan fingerprint density at radius 2 is 2.15 bits per heavy atom. The lowest BCUT2D eigenvalue weighted by Gasteiger charge is -2.10. The van der Waals surface area contributed by atoms with Crippen molar-refractivity contribution in [3.8, 4) is 0 Å². The largest absolute Gasteiger partial charge is 0.373 e. The van der Waals surface area contributed by atoms with Gasteiger partial charge in [-0.05, 0) is 19.9 Å². The predicted octanol–water partition coefficient (Wildman–Crippen LogP) is 1.36. The van der Waals surface area contributed by atoms with Gasteiger partial charge in [-0.25, -0.2) is 4.98 Å². The van der Waals surface area contributed by atoms with E-state index in [1.54, 1.807) is 7.05 Å². The molecule has 1 amide bonds. The Kier molecular flexibility index (Phi) is 5.70. The van der Waals surface area contributed by atoms with Crippen LogP contribution in [0.3, 0.4) is 0 Å². The molecule has 1 rings (SSSR count). The molecule has 0 aliphatic carbocycles. The highest BCUT2D eigenvalue weighted by atomic mass is 16.6. The van der Waals surface area contributed by atoms with E-state index in [1.807, 2.05) is 13.8 Å². The first-order chi connectivity index (χ1) is 9.43. The first-order valence-electron chi connectivity index (χ1n) is 6.30. The molecule has 1 heterocycles. The second-order valence-electron chi connectivity index (χ2n) is 4.47. The van der Waals surface area contributed by atoms with E-state index in [9.17, 15) is 14.9 Å². The molecule has 20 heavy (non-hydrogen) atoms. The number of carbonyl (C=O) groups excluding carboxylic acids is 1. The van der Waals surface area contributed by atoms with Gasteiger partial charge in [-0.3, -0.25) is 14.9 Å². The summed E-state index contributed by atoms with van der Waals surface area (Å²) < 4.78 is 0. The number of amides is 1. The maximum Gasteiger partial charge on any atom is 0.311 e. The van der Waals surface area contributed by atoms with Gasteiger partial charge in [0.05, 0.1) is 4.92 Å². The van der Waals surface area contributed by atoms with Gasteiger partial charge in [0.25, 0.3) is 0 Å². The van der Waals surface area contributed by atoms with E-state index in [4.69, 9.17) is 0 Å². The Balaban J connectivity index is 2.66. The van der Waals surface area contributed by atoms with Crippen molar-refractivity contribution >= 4 is 23.2 Å². The number of carbonyl (C=O) groups is 1. The molecule has 0 spiro atoms. The van der Waals surface area contributed by atoms with Crippen molar-refractivity contribution in [1.82, 2.24) is 10.3 Å². The first kappa shape index (κ1) is 15.7. The average Bonchev–Trinajstić information content (AvgIpc) is 2.37. The van der Waals surface area contributed by atoms with E-state index in [-0.39, 0.29) is 36.4 Å². The molecule has 110 valence electrons. The highest BCUT2D eigenvalue weighted by Crippen LogP contribution is 2.23. The van der Waals surface area contributed by atoms with Crippen molar-refractivity contribution in [2.24, 2.45) is 0 Å². The van der Waals surface area contributed by atoms with Crippen LogP contribution in [0.4, 0.5) is 17.3 Å². The lowest BCUT2D eigenvalue weighted by molar-refractivity contribution is -0.384. The van der Waals surface area contributed by atoms with Gasteiger partial charge in [0.2, 0.25) is 11.7 Å². The van der Waals surface area contributed by atoms with Crippen LogP contribution in [0.15, 0.2) is 12.1 Å². The van der Waals surface area contributed by atoms with E-state index in [2.05, 4.69) is 20.9 Å². The Morgan fingerprint density at radius 1 is 1.45 bits per heavy atom. The maximum absolute atomic E-state index is 11.5. The standard InChI is InChI=1S/C12H19N5O3/c1-8(2)15-11(18)6-7-14-12-9(17(19)20)4-5-10(13-3)16-12/h4-5,8H,6-7H2,1-3H3,(H,15,18)(H2,13,14,16). The zero-order valence-corrected chi connectivity index (χ0v) is 11.8. The lowest BCUT2D eigenvalue weighted by atomic mass is 10.3. The Labute approximate surface area is 117 Å². The summed E-state index contributed by atoms with van der Waals surface area (Å²) in [7, 11) is 1.67. The molecule has 0 radical (unpaired) electrons. The van der Waals surface area contributed by atoms with Crippen molar-refractivity contribution in [1.29, 1.82) is 0 Å². The molecule has 1 aromatic heterocycles. The molecule has 3 N–H and O–H groups in total. The first-order valence-corrected chi connectivity index (χ1v) is 6.30. The third-order valence-corrected chi connectivity index (χ3v) is 2.42. The van der Waals surface area contributed by atoms with Gasteiger partial charge in [0.1, 0.15) is 5.82 Å². The van der Waals surface area contributed by atoms with Crippen molar-refractivity contribution in [3.63, 3.8) is 0 Å². The van der Waals surface area contributed by atoms with E-state index in [0.29, 0.717) is 5.82 Å². The molecule has 0 aromatic carbocycles. The minimum Gasteiger partial charge on any atom is -0.373 e. The normalized spacial score (nSPS) is 10.2. The van der Waals surface area contributed by atoms with Crippen LogP contribution in [0.1, 0.15) is 20.3 Å². The Bertz CT molecular complexity index is 490. The van der Waals surface area contributed by atoms with Gasteiger partial charge in [-0.15, -0.1) is 0 Å².